The topological polar surface area (TPSA) is 107 Å². The summed E-state index contributed by atoms with van der Waals surface area (Å²) in [5.41, 5.74) is 2.20. The van der Waals surface area contributed by atoms with Crippen LogP contribution in [0.4, 0.5) is 27.6 Å². The summed E-state index contributed by atoms with van der Waals surface area (Å²) in [5, 5.41) is 2.48. The number of hydrogen-bond acceptors (Lipinski definition) is 6. The molecule has 0 unspecified atom stereocenters. The second-order valence-electron chi connectivity index (χ2n) is 8.33. The largest absolute Gasteiger partial charge is 0.493 e. The number of likely N-dealkylation sites (N-methyl/N-ethyl adjacent to an activating group) is 1. The summed E-state index contributed by atoms with van der Waals surface area (Å²) in [4.78, 5) is 29.7. The molecule has 0 radical (unpaired) electrons. The Balaban J connectivity index is 2.22. The van der Waals surface area contributed by atoms with Crippen molar-refractivity contribution in [2.24, 2.45) is 5.73 Å². The number of alkyl halides is 3. The van der Waals surface area contributed by atoms with Gasteiger partial charge in [-0.25, -0.2) is 4.39 Å². The number of pyridine rings is 1. The van der Waals surface area contributed by atoms with Crippen LogP contribution in [0.5, 0.6) is 5.75 Å². The maximum atomic E-state index is 14.6. The zero-order valence-electron chi connectivity index (χ0n) is 19.8. The number of benzene rings is 1. The van der Waals surface area contributed by atoms with Gasteiger partial charge in [-0.05, 0) is 31.7 Å². The molecule has 0 saturated carbocycles. The minimum Gasteiger partial charge on any atom is -0.493 e. The summed E-state index contributed by atoms with van der Waals surface area (Å²) in [7, 11) is 2.08. The Morgan fingerprint density at radius 2 is 1.89 bits per heavy atom. The molecule has 1 aliphatic heterocycles. The van der Waals surface area contributed by atoms with Gasteiger partial charge in [0.2, 0.25) is 11.7 Å². The number of carbonyl (C=O) groups is 2. The van der Waals surface area contributed by atoms with Gasteiger partial charge in [0.05, 0.1) is 19.3 Å². The Hall–Kier alpha value is -3.32. The Morgan fingerprint density at radius 1 is 1.22 bits per heavy atom. The second kappa shape index (κ2) is 9.97. The van der Waals surface area contributed by atoms with E-state index >= 15 is 0 Å². The average molecular weight is 516 g/mol. The highest BCUT2D eigenvalue weighted by Crippen LogP contribution is 2.54. The summed E-state index contributed by atoms with van der Waals surface area (Å²) < 4.78 is 82.6. The van der Waals surface area contributed by atoms with Crippen LogP contribution in [0, 0.1) is 11.6 Å². The van der Waals surface area contributed by atoms with Crippen LogP contribution in [-0.4, -0.2) is 66.3 Å². The maximum absolute atomic E-state index is 14.6. The van der Waals surface area contributed by atoms with Gasteiger partial charge >= 0.3 is 6.18 Å². The molecule has 1 aromatic carbocycles. The minimum absolute atomic E-state index is 0.0467. The smallest absolute Gasteiger partial charge is 0.409 e. The van der Waals surface area contributed by atoms with Gasteiger partial charge in [0.15, 0.2) is 11.6 Å². The first kappa shape index (κ1) is 27.3. The molecule has 2 aromatic rings. The van der Waals surface area contributed by atoms with Gasteiger partial charge in [-0.2, -0.15) is 17.6 Å². The summed E-state index contributed by atoms with van der Waals surface area (Å²) in [6.45, 7) is 2.06. The maximum Gasteiger partial charge on any atom is 0.409 e. The second-order valence-corrected chi connectivity index (χ2v) is 8.33. The van der Waals surface area contributed by atoms with Crippen molar-refractivity contribution in [2.75, 3.05) is 26.1 Å². The van der Waals surface area contributed by atoms with E-state index in [1.807, 2.05) is 0 Å². The number of nitrogens with one attached hydrogen (secondary N) is 1. The molecule has 0 bridgehead atoms. The van der Waals surface area contributed by atoms with Crippen molar-refractivity contribution in [1.82, 2.24) is 9.88 Å². The van der Waals surface area contributed by atoms with Crippen molar-refractivity contribution in [3.8, 4) is 5.75 Å². The molecule has 13 heteroatoms. The van der Waals surface area contributed by atoms with E-state index in [1.54, 1.807) is 0 Å². The van der Waals surface area contributed by atoms with Crippen LogP contribution in [0.2, 0.25) is 0 Å². The fraction of sp³-hybridized carbons (Fsp3) is 0.435. The van der Waals surface area contributed by atoms with Crippen molar-refractivity contribution in [3.05, 3.63) is 53.4 Å². The molecule has 4 atom stereocenters. The number of likely N-dealkylation sites (tertiary alicyclic amines) is 1. The lowest BCUT2D eigenvalue weighted by Gasteiger charge is -2.40. The third-order valence-electron chi connectivity index (χ3n) is 6.51. The third-order valence-corrected chi connectivity index (χ3v) is 6.51. The number of carbonyl (C=O) groups excluding carboxylic acids is 2. The molecule has 0 spiro atoms. The normalized spacial score (nSPS) is 24.5. The predicted molar refractivity (Wildman–Crippen MR) is 118 cm³/mol. The van der Waals surface area contributed by atoms with Crippen LogP contribution in [0.1, 0.15) is 35.8 Å². The van der Waals surface area contributed by atoms with Gasteiger partial charge in [0.1, 0.15) is 11.2 Å². The molecule has 0 aliphatic carbocycles. The van der Waals surface area contributed by atoms with Crippen LogP contribution in [0.15, 0.2) is 30.5 Å². The molecule has 3 N–H and O–H groups in total. The molecule has 36 heavy (non-hydrogen) atoms. The predicted octanol–water partition coefficient (Wildman–Crippen LogP) is 3.23. The third kappa shape index (κ3) is 4.37. The fourth-order valence-electron chi connectivity index (χ4n) is 4.90. The molecule has 3 rings (SSSR count). The first-order chi connectivity index (χ1) is 16.8. The molecular formula is C23H25F5N4O4. The summed E-state index contributed by atoms with van der Waals surface area (Å²) in [6, 6.07) is 2.73. The van der Waals surface area contributed by atoms with Crippen molar-refractivity contribution >= 4 is 17.5 Å². The van der Waals surface area contributed by atoms with Crippen LogP contribution in [-0.2, 0) is 9.53 Å². The molecule has 1 aliphatic rings. The SMILES string of the molecule is CCN1[C@@H](C(=O)Nc2ccnc(C(N)=O)c2)[C@H](c2ccc(F)c(F)c2OC)[C@H](OC)[C@]1(C)C(F)(F)F. The average Bonchev–Trinajstić information content (AvgIpc) is 3.09. The number of rotatable bonds is 7. The highest BCUT2D eigenvalue weighted by molar-refractivity contribution is 5.98. The van der Waals surface area contributed by atoms with Crippen molar-refractivity contribution < 1.29 is 41.0 Å². The van der Waals surface area contributed by atoms with Crippen LogP contribution in [0.25, 0.3) is 0 Å². The van der Waals surface area contributed by atoms with Crippen LogP contribution >= 0.6 is 0 Å². The number of ether oxygens (including phenoxy) is 2. The van der Waals surface area contributed by atoms with E-state index in [0.717, 1.165) is 44.2 Å². The summed E-state index contributed by atoms with van der Waals surface area (Å²) >= 11 is 0. The quantitative estimate of drug-likeness (QED) is 0.548. The Morgan fingerprint density at radius 3 is 2.42 bits per heavy atom. The van der Waals surface area contributed by atoms with Gasteiger partial charge < -0.3 is 20.5 Å². The molecule has 1 fully saturated rings. The molecule has 1 saturated heterocycles. The number of halogens is 5. The minimum atomic E-state index is -4.89. The lowest BCUT2D eigenvalue weighted by molar-refractivity contribution is -0.243. The van der Waals surface area contributed by atoms with Gasteiger partial charge in [0.25, 0.3) is 5.91 Å². The number of primary amides is 1. The number of hydrogen-bond donors (Lipinski definition) is 2. The molecule has 2 amide bonds. The standard InChI is InChI=1S/C23H25F5N4O4/c1-5-32-17(21(34)31-11-8-9-30-14(10-11)20(29)33)15(19(36-4)22(32,2)23(26,27)28)12-6-7-13(24)16(25)18(12)35-3/h6-10,15,17,19H,5H2,1-4H3,(H2,29,33)(H,30,31,34)/t15-,17+,19-,22+/m0/s1. The van der Waals surface area contributed by atoms with E-state index in [4.69, 9.17) is 15.2 Å². The van der Waals surface area contributed by atoms with E-state index in [9.17, 15) is 31.5 Å². The number of methoxy groups -OCH3 is 2. The Kier molecular flexibility index (Phi) is 7.55. The van der Waals surface area contributed by atoms with Gasteiger partial charge in [-0.3, -0.25) is 19.5 Å². The van der Waals surface area contributed by atoms with Gasteiger partial charge in [0, 0.05) is 30.5 Å². The lowest BCUT2D eigenvalue weighted by atomic mass is 9.82. The number of nitrogens with two attached hydrogens (primary N) is 1. The van der Waals surface area contributed by atoms with E-state index in [2.05, 4.69) is 10.3 Å². The van der Waals surface area contributed by atoms with Crippen molar-refractivity contribution in [2.45, 2.75) is 43.6 Å². The number of nitrogens with zero attached hydrogens (tertiary/aromatic N) is 2. The van der Waals surface area contributed by atoms with E-state index in [-0.39, 0.29) is 23.5 Å². The Bertz CT molecular complexity index is 1160. The van der Waals surface area contributed by atoms with Crippen molar-refractivity contribution in [3.63, 3.8) is 0 Å². The van der Waals surface area contributed by atoms with E-state index in [1.165, 1.54) is 19.2 Å². The zero-order chi connectivity index (χ0) is 27.0. The first-order valence-corrected chi connectivity index (χ1v) is 10.8. The number of aromatic nitrogens is 1. The molecule has 2 heterocycles. The van der Waals surface area contributed by atoms with Crippen LogP contribution < -0.4 is 15.8 Å². The molecule has 1 aromatic heterocycles. The van der Waals surface area contributed by atoms with Gasteiger partial charge in [-0.15, -0.1) is 0 Å². The van der Waals surface area contributed by atoms with Crippen molar-refractivity contribution in [1.29, 1.82) is 0 Å². The first-order valence-electron chi connectivity index (χ1n) is 10.8. The highest BCUT2D eigenvalue weighted by Gasteiger charge is 2.70. The number of anilines is 1. The van der Waals surface area contributed by atoms with Gasteiger partial charge in [-0.1, -0.05) is 13.0 Å². The fourth-order valence-corrected chi connectivity index (χ4v) is 4.90. The lowest BCUT2D eigenvalue weighted by Crippen LogP contribution is -2.61. The summed E-state index contributed by atoms with van der Waals surface area (Å²) in [6.07, 6.45) is -5.42. The molecule has 196 valence electrons. The number of amides is 2. The Labute approximate surface area is 203 Å². The summed E-state index contributed by atoms with van der Waals surface area (Å²) in [5.74, 6) is -6.55. The van der Waals surface area contributed by atoms with E-state index in [0.29, 0.717) is 0 Å². The molecule has 8 nitrogen and oxygen atoms in total. The monoisotopic (exact) mass is 516 g/mol. The van der Waals surface area contributed by atoms with E-state index < -0.39 is 59.0 Å². The zero-order valence-corrected chi connectivity index (χ0v) is 19.8. The van der Waals surface area contributed by atoms with Crippen LogP contribution in [0.3, 0.4) is 0 Å². The molecular weight excluding hydrogens is 491 g/mol. The highest BCUT2D eigenvalue weighted by atomic mass is 19.4.